The highest BCUT2D eigenvalue weighted by atomic mass is 19.4. The summed E-state index contributed by atoms with van der Waals surface area (Å²) in [6.45, 7) is 2.13. The van der Waals surface area contributed by atoms with Crippen molar-refractivity contribution < 1.29 is 22.7 Å². The molecule has 0 unspecified atom stereocenters. The predicted molar refractivity (Wildman–Crippen MR) is 99.7 cm³/mol. The van der Waals surface area contributed by atoms with E-state index in [0.717, 1.165) is 57.3 Å². The minimum absolute atomic E-state index is 0.00917. The van der Waals surface area contributed by atoms with Crippen molar-refractivity contribution in [1.82, 2.24) is 10.2 Å². The van der Waals surface area contributed by atoms with Crippen molar-refractivity contribution >= 4 is 5.91 Å². The third-order valence-electron chi connectivity index (χ3n) is 6.33. The van der Waals surface area contributed by atoms with Crippen LogP contribution in [0.5, 0.6) is 5.75 Å². The van der Waals surface area contributed by atoms with E-state index in [1.807, 2.05) is 0 Å². The molecule has 0 spiro atoms. The number of methoxy groups -OCH3 is 1. The zero-order valence-corrected chi connectivity index (χ0v) is 16.1. The van der Waals surface area contributed by atoms with Crippen LogP contribution >= 0.6 is 0 Å². The van der Waals surface area contributed by atoms with E-state index >= 15 is 0 Å². The Hall–Kier alpha value is -1.76. The van der Waals surface area contributed by atoms with Gasteiger partial charge in [-0.05, 0) is 81.6 Å². The van der Waals surface area contributed by atoms with E-state index in [-0.39, 0.29) is 29.2 Å². The molecule has 1 aromatic carbocycles. The average Bonchev–Trinajstić information content (AvgIpc) is 3.16. The number of nitrogens with one attached hydrogen (secondary N) is 1. The monoisotopic (exact) mass is 396 g/mol. The number of ether oxygens (including phenoxy) is 1. The molecule has 154 valence electrons. The summed E-state index contributed by atoms with van der Waals surface area (Å²) in [6.07, 6.45) is 2.57. The first-order valence-electron chi connectivity index (χ1n) is 10.2. The lowest BCUT2D eigenvalue weighted by Gasteiger charge is -2.30. The van der Waals surface area contributed by atoms with Gasteiger partial charge >= 0.3 is 6.18 Å². The molecule has 1 saturated heterocycles. The lowest BCUT2D eigenvalue weighted by atomic mass is 9.97. The Labute approximate surface area is 163 Å². The van der Waals surface area contributed by atoms with Crippen LogP contribution in [-0.2, 0) is 6.18 Å². The highest BCUT2D eigenvalue weighted by molar-refractivity contribution is 5.99. The lowest BCUT2D eigenvalue weighted by molar-refractivity contribution is -0.137. The van der Waals surface area contributed by atoms with Crippen molar-refractivity contribution in [3.63, 3.8) is 0 Å². The van der Waals surface area contributed by atoms with E-state index in [1.54, 1.807) is 0 Å². The molecule has 0 aromatic heterocycles. The molecule has 3 aliphatic rings. The van der Waals surface area contributed by atoms with Crippen molar-refractivity contribution in [2.45, 2.75) is 69.1 Å². The summed E-state index contributed by atoms with van der Waals surface area (Å²) >= 11 is 0. The topological polar surface area (TPSA) is 41.6 Å². The van der Waals surface area contributed by atoms with Crippen molar-refractivity contribution in [3.05, 3.63) is 28.8 Å². The fourth-order valence-corrected chi connectivity index (χ4v) is 4.78. The first kappa shape index (κ1) is 19.6. The summed E-state index contributed by atoms with van der Waals surface area (Å²) in [6, 6.07) is 2.47. The largest absolute Gasteiger partial charge is 0.496 e. The van der Waals surface area contributed by atoms with Gasteiger partial charge in [0, 0.05) is 12.1 Å². The molecule has 1 amide bonds. The predicted octanol–water partition coefficient (Wildman–Crippen LogP) is 4.34. The van der Waals surface area contributed by atoms with Gasteiger partial charge in [0.2, 0.25) is 0 Å². The minimum Gasteiger partial charge on any atom is -0.496 e. The minimum atomic E-state index is -4.46. The van der Waals surface area contributed by atoms with Gasteiger partial charge in [-0.1, -0.05) is 0 Å². The van der Waals surface area contributed by atoms with Crippen molar-refractivity contribution in [2.24, 2.45) is 0 Å². The molecule has 0 bridgehead atoms. The molecule has 7 heteroatoms. The lowest BCUT2D eigenvalue weighted by Crippen LogP contribution is -2.48. The number of likely N-dealkylation sites (tertiary alicyclic amines) is 1. The third-order valence-corrected chi connectivity index (χ3v) is 6.33. The van der Waals surface area contributed by atoms with E-state index in [9.17, 15) is 18.0 Å². The maximum Gasteiger partial charge on any atom is 0.416 e. The summed E-state index contributed by atoms with van der Waals surface area (Å²) in [7, 11) is 1.32. The maximum absolute atomic E-state index is 13.3. The first-order valence-corrected chi connectivity index (χ1v) is 10.2. The number of nitrogens with zero attached hydrogens (tertiary/aromatic N) is 1. The van der Waals surface area contributed by atoms with Gasteiger partial charge in [0.15, 0.2) is 0 Å². The van der Waals surface area contributed by atoms with Crippen molar-refractivity contribution in [3.8, 4) is 5.75 Å². The smallest absolute Gasteiger partial charge is 0.416 e. The average molecular weight is 396 g/mol. The summed E-state index contributed by atoms with van der Waals surface area (Å²) in [5.41, 5.74) is 0.00331. The van der Waals surface area contributed by atoms with E-state index in [1.165, 1.54) is 20.0 Å². The number of halogens is 3. The van der Waals surface area contributed by atoms with E-state index in [2.05, 4.69) is 10.2 Å². The van der Waals surface area contributed by atoms with Crippen LogP contribution < -0.4 is 10.1 Å². The number of alkyl halides is 3. The van der Waals surface area contributed by atoms with Crippen molar-refractivity contribution in [2.75, 3.05) is 20.2 Å². The molecule has 1 aromatic rings. The fourth-order valence-electron chi connectivity index (χ4n) is 4.78. The zero-order valence-electron chi connectivity index (χ0n) is 16.1. The number of amides is 1. The van der Waals surface area contributed by atoms with Crippen LogP contribution in [0.25, 0.3) is 0 Å². The molecule has 1 N–H and O–H groups in total. The maximum atomic E-state index is 13.3. The third kappa shape index (κ3) is 3.86. The second-order valence-corrected chi connectivity index (χ2v) is 8.24. The Morgan fingerprint density at radius 3 is 2.43 bits per heavy atom. The number of hydrogen-bond donors (Lipinski definition) is 1. The second-order valence-electron chi connectivity index (χ2n) is 8.24. The van der Waals surface area contributed by atoms with Crippen LogP contribution in [0.4, 0.5) is 13.2 Å². The molecule has 1 aliphatic heterocycles. The zero-order chi connectivity index (χ0) is 19.9. The Balaban J connectivity index is 1.61. The SMILES string of the molecule is COc1cc(C(F)(F)F)cc(C2CC2)c1C(=O)N[C@@H]1CCC[C@@H]1N1CCCC1. The molecule has 4 rings (SSSR count). The molecule has 1 heterocycles. The number of carbonyl (C=O) groups is 1. The van der Waals surface area contributed by atoms with E-state index < -0.39 is 11.7 Å². The Morgan fingerprint density at radius 2 is 1.82 bits per heavy atom. The van der Waals surface area contributed by atoms with Gasteiger partial charge in [0.05, 0.1) is 18.2 Å². The van der Waals surface area contributed by atoms with Crippen LogP contribution in [0, 0.1) is 0 Å². The van der Waals surface area contributed by atoms with Gasteiger partial charge in [0.1, 0.15) is 5.75 Å². The quantitative estimate of drug-likeness (QED) is 0.805. The first-order chi connectivity index (χ1) is 13.4. The summed E-state index contributed by atoms with van der Waals surface area (Å²) < 4.78 is 45.1. The normalized spacial score (nSPS) is 25.9. The molecule has 2 saturated carbocycles. The van der Waals surface area contributed by atoms with Gasteiger partial charge in [-0.3, -0.25) is 9.69 Å². The summed E-state index contributed by atoms with van der Waals surface area (Å²) in [5, 5.41) is 3.14. The Bertz CT molecular complexity index is 740. The molecule has 4 nitrogen and oxygen atoms in total. The molecule has 3 fully saturated rings. The molecule has 2 atom stereocenters. The van der Waals surface area contributed by atoms with Gasteiger partial charge in [-0.2, -0.15) is 13.2 Å². The van der Waals surface area contributed by atoms with Crippen LogP contribution in [0.2, 0.25) is 0 Å². The molecule has 28 heavy (non-hydrogen) atoms. The summed E-state index contributed by atoms with van der Waals surface area (Å²) in [5.74, 6) is -0.275. The molecular formula is C21H27F3N2O2. The molecular weight excluding hydrogens is 369 g/mol. The van der Waals surface area contributed by atoms with E-state index in [0.29, 0.717) is 11.6 Å². The number of rotatable bonds is 5. The Morgan fingerprint density at radius 1 is 1.11 bits per heavy atom. The number of hydrogen-bond acceptors (Lipinski definition) is 3. The van der Waals surface area contributed by atoms with Crippen LogP contribution in [0.1, 0.15) is 72.3 Å². The number of benzene rings is 1. The van der Waals surface area contributed by atoms with Gasteiger partial charge in [-0.15, -0.1) is 0 Å². The van der Waals surface area contributed by atoms with Gasteiger partial charge < -0.3 is 10.1 Å². The second kappa shape index (κ2) is 7.58. The fraction of sp³-hybridized carbons (Fsp3) is 0.667. The summed E-state index contributed by atoms with van der Waals surface area (Å²) in [4.78, 5) is 15.6. The van der Waals surface area contributed by atoms with Gasteiger partial charge in [0.25, 0.3) is 5.91 Å². The number of carbonyl (C=O) groups excluding carboxylic acids is 1. The van der Waals surface area contributed by atoms with Crippen LogP contribution in [0.15, 0.2) is 12.1 Å². The highest BCUT2D eigenvalue weighted by Crippen LogP contribution is 2.46. The standard InChI is InChI=1S/C21H27F3N2O2/c1-28-18-12-14(21(22,23)24)11-15(13-7-8-13)19(18)20(27)25-16-5-4-6-17(16)26-9-2-3-10-26/h11-13,16-17H,2-10H2,1H3,(H,25,27)/t16-,17+/m1/s1. The van der Waals surface area contributed by atoms with Gasteiger partial charge in [-0.25, -0.2) is 0 Å². The molecule has 0 radical (unpaired) electrons. The van der Waals surface area contributed by atoms with E-state index in [4.69, 9.17) is 4.74 Å². The van der Waals surface area contributed by atoms with Crippen LogP contribution in [0.3, 0.4) is 0 Å². The highest BCUT2D eigenvalue weighted by Gasteiger charge is 2.39. The van der Waals surface area contributed by atoms with Crippen LogP contribution in [-0.4, -0.2) is 43.1 Å². The molecule has 2 aliphatic carbocycles. The Kier molecular flexibility index (Phi) is 5.29. The van der Waals surface area contributed by atoms with Crippen molar-refractivity contribution in [1.29, 1.82) is 0 Å².